The second-order valence-corrected chi connectivity index (χ2v) is 7.68. The number of ether oxygens (including phenoxy) is 1. The van der Waals surface area contributed by atoms with Gasteiger partial charge in [0, 0.05) is 11.9 Å². The van der Waals surface area contributed by atoms with Crippen molar-refractivity contribution in [3.8, 4) is 5.75 Å². The largest absolute Gasteiger partial charge is 0.492 e. The van der Waals surface area contributed by atoms with Crippen LogP contribution in [0.15, 0.2) is 54.9 Å². The van der Waals surface area contributed by atoms with Crippen LogP contribution in [0.5, 0.6) is 5.75 Å². The molecule has 1 N–H and O–H groups in total. The van der Waals surface area contributed by atoms with Crippen LogP contribution in [-0.2, 0) is 0 Å². The zero-order valence-electron chi connectivity index (χ0n) is 16.9. The highest BCUT2D eigenvalue weighted by Gasteiger charge is 2.02. The Morgan fingerprint density at radius 2 is 1.45 bits per heavy atom. The molecule has 29 heavy (non-hydrogen) atoms. The van der Waals surface area contributed by atoms with Crippen LogP contribution in [0.2, 0.25) is 5.02 Å². The highest BCUT2D eigenvalue weighted by Crippen LogP contribution is 2.23. The number of nitrogens with zero attached hydrogens (tertiary/aromatic N) is 2. The van der Waals surface area contributed by atoms with Gasteiger partial charge in [0.05, 0.1) is 17.1 Å². The number of aromatic nitrogens is 2. The molecular formula is C24H30ClN3O. The van der Waals surface area contributed by atoms with Gasteiger partial charge in [0.2, 0.25) is 0 Å². The van der Waals surface area contributed by atoms with Crippen LogP contribution in [-0.4, -0.2) is 23.1 Å². The summed E-state index contributed by atoms with van der Waals surface area (Å²) in [4.78, 5) is 8.67. The van der Waals surface area contributed by atoms with Crippen LogP contribution < -0.4 is 10.1 Å². The van der Waals surface area contributed by atoms with Crippen LogP contribution >= 0.6 is 11.6 Å². The average Bonchev–Trinajstić information content (AvgIpc) is 2.76. The number of rotatable bonds is 13. The Hall–Kier alpha value is -2.33. The van der Waals surface area contributed by atoms with Crippen molar-refractivity contribution in [1.29, 1.82) is 0 Å². The smallest absolute Gasteiger partial charge is 0.137 e. The quantitative estimate of drug-likeness (QED) is 0.311. The van der Waals surface area contributed by atoms with Gasteiger partial charge in [-0.3, -0.25) is 0 Å². The Kier molecular flexibility index (Phi) is 9.05. The molecule has 0 spiro atoms. The van der Waals surface area contributed by atoms with Crippen LogP contribution in [0.3, 0.4) is 0 Å². The molecule has 154 valence electrons. The van der Waals surface area contributed by atoms with Gasteiger partial charge in [-0.1, -0.05) is 74.4 Å². The topological polar surface area (TPSA) is 47.0 Å². The molecule has 0 aliphatic heterocycles. The SMILES string of the molecule is Clc1ccccc1OCCCCCCCCCCNc1ncnc2ccccc12. The summed E-state index contributed by atoms with van der Waals surface area (Å²) in [6.07, 6.45) is 11.5. The second-order valence-electron chi connectivity index (χ2n) is 7.27. The van der Waals surface area contributed by atoms with Gasteiger partial charge in [-0.25, -0.2) is 9.97 Å². The van der Waals surface area contributed by atoms with Gasteiger partial charge in [-0.05, 0) is 37.1 Å². The van der Waals surface area contributed by atoms with E-state index >= 15 is 0 Å². The van der Waals surface area contributed by atoms with E-state index < -0.39 is 0 Å². The summed E-state index contributed by atoms with van der Waals surface area (Å²) in [5.74, 6) is 1.73. The predicted molar refractivity (Wildman–Crippen MR) is 122 cm³/mol. The lowest BCUT2D eigenvalue weighted by atomic mass is 10.1. The first-order valence-corrected chi connectivity index (χ1v) is 11.0. The van der Waals surface area contributed by atoms with Crippen molar-refractivity contribution < 1.29 is 4.74 Å². The van der Waals surface area contributed by atoms with Crippen LogP contribution in [0.4, 0.5) is 5.82 Å². The average molecular weight is 412 g/mol. The summed E-state index contributed by atoms with van der Waals surface area (Å²) < 4.78 is 5.72. The van der Waals surface area contributed by atoms with Gasteiger partial charge < -0.3 is 10.1 Å². The molecule has 1 heterocycles. The van der Waals surface area contributed by atoms with Gasteiger partial charge in [-0.2, -0.15) is 0 Å². The molecule has 0 aliphatic carbocycles. The zero-order chi connectivity index (χ0) is 20.2. The molecule has 0 saturated carbocycles. The van der Waals surface area contributed by atoms with Gasteiger partial charge in [0.1, 0.15) is 17.9 Å². The standard InChI is InChI=1S/C24H30ClN3O/c25-21-14-8-10-16-23(21)29-18-12-6-4-2-1-3-5-11-17-26-24-20-13-7-9-15-22(20)27-19-28-24/h7-10,13-16,19H,1-6,11-12,17-18H2,(H,26,27,28). The number of halogens is 1. The summed E-state index contributed by atoms with van der Waals surface area (Å²) in [7, 11) is 0. The van der Waals surface area contributed by atoms with Crippen molar-refractivity contribution in [1.82, 2.24) is 9.97 Å². The zero-order valence-corrected chi connectivity index (χ0v) is 17.7. The first-order valence-electron chi connectivity index (χ1n) is 10.7. The number of anilines is 1. The Balaban J connectivity index is 1.17. The summed E-state index contributed by atoms with van der Waals surface area (Å²) in [6.45, 7) is 1.70. The Morgan fingerprint density at radius 1 is 0.759 bits per heavy atom. The Labute approximate surface area is 178 Å². The van der Waals surface area contributed by atoms with E-state index in [1.54, 1.807) is 6.33 Å². The number of nitrogens with one attached hydrogen (secondary N) is 1. The first-order chi connectivity index (χ1) is 14.3. The maximum Gasteiger partial charge on any atom is 0.137 e. The molecule has 3 rings (SSSR count). The molecular weight excluding hydrogens is 382 g/mol. The molecule has 0 bridgehead atoms. The predicted octanol–water partition coefficient (Wildman–Crippen LogP) is 6.89. The maximum absolute atomic E-state index is 6.08. The monoisotopic (exact) mass is 411 g/mol. The van der Waals surface area contributed by atoms with E-state index in [0.29, 0.717) is 5.02 Å². The third kappa shape index (κ3) is 7.21. The van der Waals surface area contributed by atoms with Gasteiger partial charge in [0.25, 0.3) is 0 Å². The number of hydrogen-bond acceptors (Lipinski definition) is 4. The van der Waals surface area contributed by atoms with Crippen molar-refractivity contribution in [2.45, 2.75) is 51.4 Å². The number of para-hydroxylation sites is 2. The highest BCUT2D eigenvalue weighted by molar-refractivity contribution is 6.32. The normalized spacial score (nSPS) is 10.9. The summed E-state index contributed by atoms with van der Waals surface area (Å²) in [5, 5.41) is 5.24. The van der Waals surface area contributed by atoms with Crippen LogP contribution in [0.1, 0.15) is 51.4 Å². The van der Waals surface area contributed by atoms with E-state index in [9.17, 15) is 0 Å². The van der Waals surface area contributed by atoms with E-state index in [-0.39, 0.29) is 0 Å². The summed E-state index contributed by atoms with van der Waals surface area (Å²) in [5.41, 5.74) is 0.988. The van der Waals surface area contributed by atoms with E-state index in [4.69, 9.17) is 16.3 Å². The van der Waals surface area contributed by atoms with Crippen molar-refractivity contribution in [2.75, 3.05) is 18.5 Å². The number of unbranched alkanes of at least 4 members (excludes halogenated alkanes) is 7. The lowest BCUT2D eigenvalue weighted by molar-refractivity contribution is 0.304. The molecule has 4 nitrogen and oxygen atoms in total. The summed E-state index contributed by atoms with van der Waals surface area (Å²) >= 11 is 6.08. The minimum atomic E-state index is 0.690. The molecule has 0 atom stereocenters. The molecule has 3 aromatic rings. The van der Waals surface area contributed by atoms with Gasteiger partial charge in [-0.15, -0.1) is 0 Å². The molecule has 0 fully saturated rings. The molecule has 0 unspecified atom stereocenters. The first kappa shape index (κ1) is 21.4. The lowest BCUT2D eigenvalue weighted by Gasteiger charge is -2.08. The fourth-order valence-electron chi connectivity index (χ4n) is 3.38. The molecule has 0 saturated heterocycles. The third-order valence-corrected chi connectivity index (χ3v) is 5.31. The number of benzene rings is 2. The molecule has 1 aromatic heterocycles. The van der Waals surface area contributed by atoms with Gasteiger partial charge in [0.15, 0.2) is 0 Å². The Bertz CT molecular complexity index is 866. The molecule has 0 amide bonds. The number of hydrogen-bond donors (Lipinski definition) is 1. The molecule has 0 radical (unpaired) electrons. The van der Waals surface area contributed by atoms with Gasteiger partial charge >= 0.3 is 0 Å². The minimum absolute atomic E-state index is 0.690. The van der Waals surface area contributed by atoms with E-state index in [1.807, 2.05) is 42.5 Å². The van der Waals surface area contributed by atoms with Crippen LogP contribution in [0, 0.1) is 0 Å². The van der Waals surface area contributed by atoms with Crippen molar-refractivity contribution in [2.24, 2.45) is 0 Å². The van der Waals surface area contributed by atoms with E-state index in [2.05, 4.69) is 21.4 Å². The van der Waals surface area contributed by atoms with E-state index in [1.165, 1.54) is 44.9 Å². The summed E-state index contributed by atoms with van der Waals surface area (Å²) in [6, 6.07) is 15.8. The third-order valence-electron chi connectivity index (χ3n) is 5.00. The number of fused-ring (bicyclic) bond motifs is 1. The van der Waals surface area contributed by atoms with Crippen molar-refractivity contribution in [3.63, 3.8) is 0 Å². The lowest BCUT2D eigenvalue weighted by Crippen LogP contribution is -2.04. The highest BCUT2D eigenvalue weighted by atomic mass is 35.5. The fourth-order valence-corrected chi connectivity index (χ4v) is 3.57. The van der Waals surface area contributed by atoms with E-state index in [0.717, 1.165) is 42.0 Å². The molecule has 2 aromatic carbocycles. The molecule has 0 aliphatic rings. The Morgan fingerprint density at radius 3 is 2.28 bits per heavy atom. The second kappa shape index (κ2) is 12.3. The minimum Gasteiger partial charge on any atom is -0.492 e. The molecule has 5 heteroatoms. The van der Waals surface area contributed by atoms with Crippen LogP contribution in [0.25, 0.3) is 10.9 Å². The maximum atomic E-state index is 6.08. The fraction of sp³-hybridized carbons (Fsp3) is 0.417. The van der Waals surface area contributed by atoms with Crippen molar-refractivity contribution in [3.05, 3.63) is 59.9 Å². The van der Waals surface area contributed by atoms with Crippen molar-refractivity contribution >= 4 is 28.3 Å².